The second-order valence-corrected chi connectivity index (χ2v) is 5.69. The number of carbonyl (C=O) groups is 1. The van der Waals surface area contributed by atoms with Crippen molar-refractivity contribution in [2.75, 3.05) is 0 Å². The number of benzene rings is 1. The van der Waals surface area contributed by atoms with Gasteiger partial charge in [-0.2, -0.15) is 0 Å². The first-order valence-corrected chi connectivity index (χ1v) is 7.53. The van der Waals surface area contributed by atoms with Gasteiger partial charge in [0, 0.05) is 18.9 Å². The zero-order valence-electron chi connectivity index (χ0n) is 13.3. The summed E-state index contributed by atoms with van der Waals surface area (Å²) < 4.78 is 5.56. The second kappa shape index (κ2) is 8.24. The fourth-order valence-electron chi connectivity index (χ4n) is 2.12. The summed E-state index contributed by atoms with van der Waals surface area (Å²) in [5, 5.41) is 12.3. The van der Waals surface area contributed by atoms with E-state index in [0.717, 1.165) is 5.56 Å². The number of aliphatic carboxylic acids is 1. The van der Waals surface area contributed by atoms with E-state index in [4.69, 9.17) is 4.74 Å². The number of carboxylic acids is 1. The van der Waals surface area contributed by atoms with Crippen LogP contribution in [0.25, 0.3) is 0 Å². The Kier molecular flexibility index (Phi) is 6.05. The highest BCUT2D eigenvalue weighted by Gasteiger charge is 2.17. The molecule has 2 aromatic rings. The van der Waals surface area contributed by atoms with Crippen molar-refractivity contribution >= 4 is 5.97 Å². The van der Waals surface area contributed by atoms with Crippen molar-refractivity contribution in [3.8, 4) is 11.6 Å². The minimum Gasteiger partial charge on any atom is -0.480 e. The summed E-state index contributed by atoms with van der Waals surface area (Å²) in [4.78, 5) is 19.2. The zero-order chi connectivity index (χ0) is 16.7. The maximum absolute atomic E-state index is 11.2. The van der Waals surface area contributed by atoms with Gasteiger partial charge in [-0.15, -0.1) is 0 Å². The molecule has 0 spiro atoms. The van der Waals surface area contributed by atoms with E-state index < -0.39 is 12.0 Å². The highest BCUT2D eigenvalue weighted by atomic mass is 16.5. The van der Waals surface area contributed by atoms with E-state index >= 15 is 0 Å². The molecule has 0 aliphatic carbocycles. The molecule has 0 amide bonds. The van der Waals surface area contributed by atoms with Gasteiger partial charge in [-0.05, 0) is 30.0 Å². The molecule has 1 aromatic heterocycles. The number of hydrogen-bond donors (Lipinski definition) is 2. The molecule has 0 aliphatic rings. The molecule has 0 fully saturated rings. The monoisotopic (exact) mass is 315 g/mol. The Labute approximate surface area is 135 Å². The van der Waals surface area contributed by atoms with Crippen molar-refractivity contribution in [1.82, 2.24) is 15.3 Å². The summed E-state index contributed by atoms with van der Waals surface area (Å²) in [7, 11) is 0. The Bertz CT molecular complexity index is 615. The van der Waals surface area contributed by atoms with E-state index in [1.165, 1.54) is 0 Å². The number of nitrogens with zero attached hydrogens (tertiary/aromatic N) is 2. The van der Waals surface area contributed by atoms with Gasteiger partial charge in [-0.3, -0.25) is 9.78 Å². The van der Waals surface area contributed by atoms with Gasteiger partial charge in [0.25, 0.3) is 0 Å². The molecule has 0 radical (unpaired) electrons. The van der Waals surface area contributed by atoms with Crippen LogP contribution < -0.4 is 10.1 Å². The number of aromatic nitrogens is 2. The normalized spacial score (nSPS) is 12.1. The summed E-state index contributed by atoms with van der Waals surface area (Å²) in [6, 6.07) is 6.90. The average molecular weight is 315 g/mol. The van der Waals surface area contributed by atoms with Gasteiger partial charge in [0.1, 0.15) is 11.8 Å². The Morgan fingerprint density at radius 2 is 2.00 bits per heavy atom. The predicted molar refractivity (Wildman–Crippen MR) is 86.3 cm³/mol. The van der Waals surface area contributed by atoms with Crippen LogP contribution in [0.3, 0.4) is 0 Å². The van der Waals surface area contributed by atoms with E-state index in [9.17, 15) is 9.90 Å². The predicted octanol–water partition coefficient (Wildman–Crippen LogP) is 2.86. The highest BCUT2D eigenvalue weighted by molar-refractivity contribution is 5.73. The molecule has 122 valence electrons. The first kappa shape index (κ1) is 16.9. The van der Waals surface area contributed by atoms with Gasteiger partial charge in [0.15, 0.2) is 0 Å². The van der Waals surface area contributed by atoms with Gasteiger partial charge in [-0.25, -0.2) is 4.98 Å². The molecule has 0 saturated carbocycles. The lowest BCUT2D eigenvalue weighted by Gasteiger charge is -2.16. The van der Waals surface area contributed by atoms with Gasteiger partial charge >= 0.3 is 5.97 Å². The summed E-state index contributed by atoms with van der Waals surface area (Å²) in [6.07, 6.45) is 5.29. The quantitative estimate of drug-likeness (QED) is 0.779. The molecule has 6 heteroatoms. The summed E-state index contributed by atoms with van der Waals surface area (Å²) in [6.45, 7) is 4.52. The van der Waals surface area contributed by atoms with E-state index in [1.54, 1.807) is 18.6 Å². The lowest BCUT2D eigenvalue weighted by Crippen LogP contribution is -2.37. The second-order valence-electron chi connectivity index (χ2n) is 5.69. The molecule has 1 atom stereocenters. The Morgan fingerprint density at radius 3 is 2.57 bits per heavy atom. The van der Waals surface area contributed by atoms with Crippen molar-refractivity contribution in [2.24, 2.45) is 5.92 Å². The van der Waals surface area contributed by atoms with E-state index in [0.29, 0.717) is 30.5 Å². The van der Waals surface area contributed by atoms with E-state index in [1.807, 2.05) is 38.1 Å². The molecule has 2 N–H and O–H groups in total. The van der Waals surface area contributed by atoms with Crippen LogP contribution in [-0.4, -0.2) is 27.1 Å². The third kappa shape index (κ3) is 5.67. The molecule has 0 saturated heterocycles. The molecule has 1 heterocycles. The third-order valence-electron chi connectivity index (χ3n) is 3.24. The maximum atomic E-state index is 11.2. The standard InChI is InChI=1S/C17H21N3O3/c1-12(2)9-15(17(21)22)20-10-13-3-5-14(6-4-13)23-16-11-18-7-8-19-16/h3-8,11-12,15,20H,9-10H2,1-2H3,(H,21,22). The lowest BCUT2D eigenvalue weighted by molar-refractivity contribution is -0.140. The molecular weight excluding hydrogens is 294 g/mol. The molecule has 1 unspecified atom stereocenters. The summed E-state index contributed by atoms with van der Waals surface area (Å²) >= 11 is 0. The van der Waals surface area contributed by atoms with Gasteiger partial charge in [0.2, 0.25) is 5.88 Å². The minimum atomic E-state index is -0.818. The van der Waals surface area contributed by atoms with Crippen LogP contribution in [0, 0.1) is 5.92 Å². The molecular formula is C17H21N3O3. The summed E-state index contributed by atoms with van der Waals surface area (Å²) in [5.74, 6) is 0.597. The Balaban J connectivity index is 1.90. The topological polar surface area (TPSA) is 84.3 Å². The van der Waals surface area contributed by atoms with Gasteiger partial charge < -0.3 is 15.2 Å². The zero-order valence-corrected chi connectivity index (χ0v) is 13.3. The van der Waals surface area contributed by atoms with E-state index in [-0.39, 0.29) is 0 Å². The SMILES string of the molecule is CC(C)CC(NCc1ccc(Oc2cnccn2)cc1)C(=O)O. The van der Waals surface area contributed by atoms with E-state index in [2.05, 4.69) is 15.3 Å². The molecule has 6 nitrogen and oxygen atoms in total. The highest BCUT2D eigenvalue weighted by Crippen LogP contribution is 2.18. The average Bonchev–Trinajstić information content (AvgIpc) is 2.53. The van der Waals surface area contributed by atoms with Crippen LogP contribution in [0.4, 0.5) is 0 Å². The fraction of sp³-hybridized carbons (Fsp3) is 0.353. The summed E-state index contributed by atoms with van der Waals surface area (Å²) in [5.41, 5.74) is 0.992. The maximum Gasteiger partial charge on any atom is 0.320 e. The number of rotatable bonds is 8. The first-order chi connectivity index (χ1) is 11.0. The lowest BCUT2D eigenvalue weighted by atomic mass is 10.0. The van der Waals surface area contributed by atoms with Crippen molar-refractivity contribution in [3.63, 3.8) is 0 Å². The van der Waals surface area contributed by atoms with Crippen molar-refractivity contribution in [3.05, 3.63) is 48.4 Å². The fourth-order valence-corrected chi connectivity index (χ4v) is 2.12. The number of nitrogens with one attached hydrogen (secondary N) is 1. The molecule has 0 bridgehead atoms. The number of carboxylic acid groups (broad SMARTS) is 1. The van der Waals surface area contributed by atoms with Crippen molar-refractivity contribution < 1.29 is 14.6 Å². The van der Waals surface area contributed by atoms with Crippen molar-refractivity contribution in [2.45, 2.75) is 32.9 Å². The first-order valence-electron chi connectivity index (χ1n) is 7.53. The molecule has 0 aliphatic heterocycles. The van der Waals surface area contributed by atoms with Crippen LogP contribution in [0.1, 0.15) is 25.8 Å². The molecule has 23 heavy (non-hydrogen) atoms. The van der Waals surface area contributed by atoms with Crippen LogP contribution in [-0.2, 0) is 11.3 Å². The Morgan fingerprint density at radius 1 is 1.26 bits per heavy atom. The Hall–Kier alpha value is -2.47. The largest absolute Gasteiger partial charge is 0.480 e. The van der Waals surface area contributed by atoms with Crippen LogP contribution >= 0.6 is 0 Å². The number of hydrogen-bond acceptors (Lipinski definition) is 5. The minimum absolute atomic E-state index is 0.325. The van der Waals surface area contributed by atoms with Crippen LogP contribution in [0.2, 0.25) is 0 Å². The molecule has 2 rings (SSSR count). The number of ether oxygens (including phenoxy) is 1. The third-order valence-corrected chi connectivity index (χ3v) is 3.24. The van der Waals surface area contributed by atoms with Gasteiger partial charge in [-0.1, -0.05) is 26.0 Å². The molecule has 1 aromatic carbocycles. The van der Waals surface area contributed by atoms with Crippen molar-refractivity contribution in [1.29, 1.82) is 0 Å². The van der Waals surface area contributed by atoms with Gasteiger partial charge in [0.05, 0.1) is 6.20 Å². The smallest absolute Gasteiger partial charge is 0.320 e. The van der Waals surface area contributed by atoms with Crippen LogP contribution in [0.15, 0.2) is 42.9 Å². The van der Waals surface area contributed by atoms with Crippen LogP contribution in [0.5, 0.6) is 11.6 Å².